The van der Waals surface area contributed by atoms with Crippen LogP contribution in [0.3, 0.4) is 0 Å². The standard InChI is InChI=1S/C21H19BrN2O6/c1-12-4-3-5-13(6-12)11-30-19-15(22)7-14(9-17(19)29-2)8-16-20(27)24(10-18(25)26)21(28)23-16/h3-9H,10-11H2,1-2H3,(H,23,28)(H,25,26)/b16-8+. The maximum absolute atomic E-state index is 12.3. The molecule has 0 spiro atoms. The highest BCUT2D eigenvalue weighted by atomic mass is 79.9. The van der Waals surface area contributed by atoms with E-state index in [1.807, 2.05) is 31.2 Å². The minimum absolute atomic E-state index is 0.0244. The van der Waals surface area contributed by atoms with Crippen LogP contribution >= 0.6 is 15.9 Å². The number of imide groups is 1. The summed E-state index contributed by atoms with van der Waals surface area (Å²) in [7, 11) is 1.50. The molecule has 3 rings (SSSR count). The summed E-state index contributed by atoms with van der Waals surface area (Å²) in [5, 5.41) is 11.2. The zero-order valence-electron chi connectivity index (χ0n) is 16.3. The number of urea groups is 1. The molecule has 156 valence electrons. The predicted octanol–water partition coefficient (Wildman–Crippen LogP) is 3.32. The Kier molecular flexibility index (Phi) is 6.41. The average molecular weight is 475 g/mol. The third-order valence-corrected chi connectivity index (χ3v) is 4.87. The first-order valence-electron chi connectivity index (χ1n) is 8.90. The lowest BCUT2D eigenvalue weighted by Gasteiger charge is -2.14. The van der Waals surface area contributed by atoms with Crippen molar-refractivity contribution in [2.24, 2.45) is 0 Å². The molecular formula is C21H19BrN2O6. The van der Waals surface area contributed by atoms with E-state index in [1.54, 1.807) is 12.1 Å². The van der Waals surface area contributed by atoms with Crippen LogP contribution in [0, 0.1) is 6.92 Å². The lowest BCUT2D eigenvalue weighted by molar-refractivity contribution is -0.140. The van der Waals surface area contributed by atoms with Gasteiger partial charge in [-0.25, -0.2) is 9.69 Å². The number of benzene rings is 2. The second-order valence-electron chi connectivity index (χ2n) is 6.59. The molecule has 9 heteroatoms. The number of carboxylic acids is 1. The van der Waals surface area contributed by atoms with Gasteiger partial charge >= 0.3 is 12.0 Å². The molecule has 1 fully saturated rings. The van der Waals surface area contributed by atoms with E-state index in [4.69, 9.17) is 14.6 Å². The van der Waals surface area contributed by atoms with Crippen molar-refractivity contribution in [2.45, 2.75) is 13.5 Å². The normalized spacial score (nSPS) is 14.8. The van der Waals surface area contributed by atoms with E-state index in [1.165, 1.54) is 13.2 Å². The number of halogens is 1. The summed E-state index contributed by atoms with van der Waals surface area (Å²) in [6.07, 6.45) is 1.44. The van der Waals surface area contributed by atoms with Crippen LogP contribution in [-0.4, -0.2) is 41.6 Å². The fraction of sp³-hybridized carbons (Fsp3) is 0.190. The van der Waals surface area contributed by atoms with Crippen LogP contribution < -0.4 is 14.8 Å². The molecule has 1 saturated heterocycles. The molecule has 0 atom stereocenters. The number of methoxy groups -OCH3 is 1. The van der Waals surface area contributed by atoms with Gasteiger partial charge in [-0.3, -0.25) is 9.59 Å². The van der Waals surface area contributed by atoms with Gasteiger partial charge in [0.2, 0.25) is 0 Å². The Morgan fingerprint density at radius 3 is 2.70 bits per heavy atom. The third-order valence-electron chi connectivity index (χ3n) is 4.28. The second-order valence-corrected chi connectivity index (χ2v) is 7.44. The van der Waals surface area contributed by atoms with Crippen molar-refractivity contribution in [3.05, 3.63) is 63.3 Å². The van der Waals surface area contributed by atoms with E-state index in [9.17, 15) is 14.4 Å². The van der Waals surface area contributed by atoms with Crippen LogP contribution in [0.4, 0.5) is 4.79 Å². The Morgan fingerprint density at radius 2 is 2.03 bits per heavy atom. The summed E-state index contributed by atoms with van der Waals surface area (Å²) in [5.41, 5.74) is 2.67. The van der Waals surface area contributed by atoms with Crippen molar-refractivity contribution in [1.29, 1.82) is 0 Å². The van der Waals surface area contributed by atoms with E-state index in [0.717, 1.165) is 11.1 Å². The highest BCUT2D eigenvalue weighted by Crippen LogP contribution is 2.38. The number of nitrogens with zero attached hydrogens (tertiary/aromatic N) is 1. The highest BCUT2D eigenvalue weighted by molar-refractivity contribution is 9.10. The van der Waals surface area contributed by atoms with Gasteiger partial charge in [0.15, 0.2) is 11.5 Å². The number of aliphatic carboxylic acids is 1. The highest BCUT2D eigenvalue weighted by Gasteiger charge is 2.34. The van der Waals surface area contributed by atoms with Crippen molar-refractivity contribution in [1.82, 2.24) is 10.2 Å². The van der Waals surface area contributed by atoms with Crippen molar-refractivity contribution in [3.63, 3.8) is 0 Å². The fourth-order valence-corrected chi connectivity index (χ4v) is 3.51. The molecule has 0 aliphatic carbocycles. The summed E-state index contributed by atoms with van der Waals surface area (Å²) < 4.78 is 11.9. The van der Waals surface area contributed by atoms with E-state index in [-0.39, 0.29) is 5.70 Å². The lowest BCUT2D eigenvalue weighted by atomic mass is 10.1. The average Bonchev–Trinajstić information content (AvgIpc) is 2.94. The predicted molar refractivity (Wildman–Crippen MR) is 112 cm³/mol. The number of carbonyl (C=O) groups excluding carboxylic acids is 2. The van der Waals surface area contributed by atoms with Gasteiger partial charge in [0.25, 0.3) is 5.91 Å². The van der Waals surface area contributed by atoms with Gasteiger partial charge in [-0.1, -0.05) is 29.8 Å². The molecule has 1 aliphatic heterocycles. The fourth-order valence-electron chi connectivity index (χ4n) is 2.94. The van der Waals surface area contributed by atoms with Gasteiger partial charge in [0.1, 0.15) is 18.8 Å². The molecule has 0 aromatic heterocycles. The Labute approximate surface area is 181 Å². The van der Waals surface area contributed by atoms with Gasteiger partial charge in [0, 0.05) is 0 Å². The Hall–Kier alpha value is -3.33. The van der Waals surface area contributed by atoms with Gasteiger partial charge < -0.3 is 19.9 Å². The maximum Gasteiger partial charge on any atom is 0.329 e. The first-order valence-corrected chi connectivity index (χ1v) is 9.70. The monoisotopic (exact) mass is 474 g/mol. The number of carboxylic acid groups (broad SMARTS) is 1. The van der Waals surface area contributed by atoms with Crippen molar-refractivity contribution < 1.29 is 29.0 Å². The molecule has 30 heavy (non-hydrogen) atoms. The van der Waals surface area contributed by atoms with Crippen molar-refractivity contribution in [3.8, 4) is 11.5 Å². The van der Waals surface area contributed by atoms with E-state index in [2.05, 4.69) is 21.2 Å². The van der Waals surface area contributed by atoms with Gasteiger partial charge in [-0.15, -0.1) is 0 Å². The third kappa shape index (κ3) is 4.80. The molecule has 8 nitrogen and oxygen atoms in total. The number of rotatable bonds is 7. The van der Waals surface area contributed by atoms with Gasteiger partial charge in [-0.05, 0) is 52.2 Å². The summed E-state index contributed by atoms with van der Waals surface area (Å²) in [4.78, 5) is 35.6. The maximum atomic E-state index is 12.3. The molecule has 2 aromatic rings. The van der Waals surface area contributed by atoms with Gasteiger partial charge in [0.05, 0.1) is 11.6 Å². The quantitative estimate of drug-likeness (QED) is 0.470. The van der Waals surface area contributed by atoms with Crippen LogP contribution in [0.15, 0.2) is 46.6 Å². The molecule has 0 saturated carbocycles. The number of amides is 3. The molecule has 0 unspecified atom stereocenters. The van der Waals surface area contributed by atoms with Crippen molar-refractivity contribution >= 4 is 39.9 Å². The van der Waals surface area contributed by atoms with Gasteiger partial charge in [-0.2, -0.15) is 0 Å². The smallest absolute Gasteiger partial charge is 0.329 e. The molecule has 2 N–H and O–H groups in total. The zero-order valence-corrected chi connectivity index (χ0v) is 17.9. The Bertz CT molecular complexity index is 1050. The largest absolute Gasteiger partial charge is 0.493 e. The second kappa shape index (κ2) is 9.00. The number of hydrogen-bond acceptors (Lipinski definition) is 5. The molecule has 3 amide bonds. The minimum Gasteiger partial charge on any atom is -0.493 e. The topological polar surface area (TPSA) is 105 Å². The number of carbonyl (C=O) groups is 3. The van der Waals surface area contributed by atoms with Crippen LogP contribution in [0.2, 0.25) is 0 Å². The number of hydrogen-bond donors (Lipinski definition) is 2. The SMILES string of the molecule is COc1cc(/C=C2/NC(=O)N(CC(=O)O)C2=O)cc(Br)c1OCc1cccc(C)c1. The minimum atomic E-state index is -1.28. The van der Waals surface area contributed by atoms with Crippen LogP contribution in [0.1, 0.15) is 16.7 Å². The number of ether oxygens (including phenoxy) is 2. The van der Waals surface area contributed by atoms with Crippen LogP contribution in [0.25, 0.3) is 6.08 Å². The summed E-state index contributed by atoms with van der Waals surface area (Å²) in [5.74, 6) is -1.06. The first kappa shape index (κ1) is 21.4. The zero-order chi connectivity index (χ0) is 21.8. The van der Waals surface area contributed by atoms with Crippen LogP contribution in [0.5, 0.6) is 11.5 Å². The van der Waals surface area contributed by atoms with E-state index in [0.29, 0.717) is 33.0 Å². The Balaban J connectivity index is 1.83. The molecule has 0 radical (unpaired) electrons. The summed E-state index contributed by atoms with van der Waals surface area (Å²) >= 11 is 3.45. The molecular weight excluding hydrogens is 456 g/mol. The van der Waals surface area contributed by atoms with E-state index < -0.39 is 24.5 Å². The lowest BCUT2D eigenvalue weighted by Crippen LogP contribution is -2.35. The van der Waals surface area contributed by atoms with Crippen LogP contribution in [-0.2, 0) is 16.2 Å². The number of aryl methyl sites for hydroxylation is 1. The molecule has 1 aliphatic rings. The molecule has 0 bridgehead atoms. The first-order chi connectivity index (χ1) is 14.3. The molecule has 2 aromatic carbocycles. The number of nitrogens with one attached hydrogen (secondary N) is 1. The Morgan fingerprint density at radius 1 is 1.27 bits per heavy atom. The van der Waals surface area contributed by atoms with E-state index >= 15 is 0 Å². The molecule has 1 heterocycles. The summed E-state index contributed by atoms with van der Waals surface area (Å²) in [6, 6.07) is 10.5. The summed E-state index contributed by atoms with van der Waals surface area (Å²) in [6.45, 7) is 1.64. The van der Waals surface area contributed by atoms with Crippen molar-refractivity contribution in [2.75, 3.05) is 13.7 Å².